The molecular formula is C29H40O9. The summed E-state index contributed by atoms with van der Waals surface area (Å²) in [6.07, 6.45) is 4.15. The zero-order valence-electron chi connectivity index (χ0n) is 22.2. The summed E-state index contributed by atoms with van der Waals surface area (Å²) in [4.78, 5) is 37.2. The molecule has 3 N–H and O–H groups in total. The summed E-state index contributed by atoms with van der Waals surface area (Å²) in [5.41, 5.74) is -1.78. The maximum absolute atomic E-state index is 12.9. The second-order valence-electron chi connectivity index (χ2n) is 13.1. The van der Waals surface area contributed by atoms with Crippen LogP contribution in [0.3, 0.4) is 0 Å². The van der Waals surface area contributed by atoms with E-state index in [-0.39, 0.29) is 54.9 Å². The number of aldehydes is 1. The van der Waals surface area contributed by atoms with Gasteiger partial charge < -0.3 is 34.3 Å². The second-order valence-corrected chi connectivity index (χ2v) is 13.1. The standard InChI is InChI=1S/C29H40O9/c1-15-9-22(31)25(34)26(37-15)38-18-5-7-28(14-30)17(11-18)3-4-20-21(28)12-23(32)27(2)19(6-8-29(20,27)35)16-10-24(33)36-13-16/h10,14-15,17-23,26,31-32,35H,3-9,11-13H2,1-2H3. The summed E-state index contributed by atoms with van der Waals surface area (Å²) >= 11 is 0. The molecular weight excluding hydrogens is 492 g/mol. The molecule has 4 saturated carbocycles. The Bertz CT molecular complexity index is 1040. The Labute approximate surface area is 222 Å². The summed E-state index contributed by atoms with van der Waals surface area (Å²) in [5.74, 6) is -1.23. The van der Waals surface area contributed by atoms with Gasteiger partial charge in [0.15, 0.2) is 0 Å². The number of cyclic esters (lactones) is 1. The number of carbonyl (C=O) groups is 3. The number of hydrogen-bond acceptors (Lipinski definition) is 9. The molecule has 0 bridgehead atoms. The van der Waals surface area contributed by atoms with Gasteiger partial charge in [-0.25, -0.2) is 4.79 Å². The van der Waals surface area contributed by atoms with Gasteiger partial charge in [-0.3, -0.25) is 4.79 Å². The van der Waals surface area contributed by atoms with Gasteiger partial charge in [-0.15, -0.1) is 0 Å². The van der Waals surface area contributed by atoms with Crippen molar-refractivity contribution in [1.82, 2.24) is 0 Å². The molecule has 0 aromatic carbocycles. The van der Waals surface area contributed by atoms with E-state index < -0.39 is 40.7 Å². The maximum Gasteiger partial charge on any atom is 0.331 e. The minimum Gasteiger partial charge on any atom is -0.458 e. The average molecular weight is 533 g/mol. The second kappa shape index (κ2) is 9.20. The van der Waals surface area contributed by atoms with Crippen LogP contribution in [0, 0.1) is 34.5 Å². The molecule has 38 heavy (non-hydrogen) atoms. The van der Waals surface area contributed by atoms with Gasteiger partial charge in [0, 0.05) is 23.3 Å². The number of rotatable bonds is 4. The van der Waals surface area contributed by atoms with E-state index in [0.29, 0.717) is 38.5 Å². The molecule has 5 fully saturated rings. The van der Waals surface area contributed by atoms with E-state index in [4.69, 9.17) is 14.2 Å². The molecule has 9 heteroatoms. The first kappa shape index (κ1) is 26.6. The van der Waals surface area contributed by atoms with Gasteiger partial charge in [0.25, 0.3) is 0 Å². The zero-order valence-corrected chi connectivity index (χ0v) is 22.2. The molecule has 210 valence electrons. The molecule has 12 atom stereocenters. The first-order valence-electron chi connectivity index (χ1n) is 14.3. The molecule has 1 saturated heterocycles. The fraction of sp³-hybridized carbons (Fsp3) is 0.828. The number of ketones is 1. The van der Waals surface area contributed by atoms with E-state index in [1.807, 2.05) is 6.92 Å². The van der Waals surface area contributed by atoms with Crippen molar-refractivity contribution in [1.29, 1.82) is 0 Å². The van der Waals surface area contributed by atoms with Crippen molar-refractivity contribution in [3.05, 3.63) is 11.6 Å². The Morgan fingerprint density at radius 1 is 1.05 bits per heavy atom. The number of hydrogen-bond donors (Lipinski definition) is 3. The van der Waals surface area contributed by atoms with Gasteiger partial charge >= 0.3 is 5.97 Å². The molecule has 6 rings (SSSR count). The third-order valence-electron chi connectivity index (χ3n) is 11.6. The minimum atomic E-state index is -1.14. The molecule has 2 aliphatic heterocycles. The van der Waals surface area contributed by atoms with Crippen molar-refractivity contribution in [2.75, 3.05) is 6.61 Å². The van der Waals surface area contributed by atoms with Gasteiger partial charge in [-0.05, 0) is 87.5 Å². The number of fused-ring (bicyclic) bond motifs is 5. The van der Waals surface area contributed by atoms with Crippen LogP contribution in [0.4, 0.5) is 0 Å². The predicted octanol–water partition coefficient (Wildman–Crippen LogP) is 1.84. The van der Waals surface area contributed by atoms with Crippen LogP contribution in [0.15, 0.2) is 11.6 Å². The third-order valence-corrected chi connectivity index (χ3v) is 11.6. The first-order valence-corrected chi connectivity index (χ1v) is 14.3. The van der Waals surface area contributed by atoms with Crippen molar-refractivity contribution < 1.29 is 43.9 Å². The fourth-order valence-electron chi connectivity index (χ4n) is 9.60. The molecule has 12 unspecified atom stereocenters. The van der Waals surface area contributed by atoms with Crippen LogP contribution < -0.4 is 0 Å². The lowest BCUT2D eigenvalue weighted by Gasteiger charge is -2.64. The van der Waals surface area contributed by atoms with E-state index in [0.717, 1.165) is 24.7 Å². The van der Waals surface area contributed by atoms with Crippen LogP contribution in [0.5, 0.6) is 0 Å². The maximum atomic E-state index is 12.9. The summed E-state index contributed by atoms with van der Waals surface area (Å²) < 4.78 is 16.9. The number of ether oxygens (including phenoxy) is 3. The van der Waals surface area contributed by atoms with Crippen molar-refractivity contribution in [3.8, 4) is 0 Å². The fourth-order valence-corrected chi connectivity index (χ4v) is 9.60. The van der Waals surface area contributed by atoms with Gasteiger partial charge in [0.2, 0.25) is 12.1 Å². The highest BCUT2D eigenvalue weighted by molar-refractivity contribution is 5.86. The van der Waals surface area contributed by atoms with Crippen molar-refractivity contribution in [2.45, 2.75) is 108 Å². The minimum absolute atomic E-state index is 0.0157. The van der Waals surface area contributed by atoms with E-state index >= 15 is 0 Å². The number of Topliss-reactive ketones (excluding diaryl/α,β-unsaturated/α-hetero) is 1. The van der Waals surface area contributed by atoms with Crippen LogP contribution in [-0.2, 0) is 28.6 Å². The van der Waals surface area contributed by atoms with Crippen LogP contribution in [0.2, 0.25) is 0 Å². The average Bonchev–Trinajstić information content (AvgIpc) is 3.43. The largest absolute Gasteiger partial charge is 0.458 e. The molecule has 0 amide bonds. The van der Waals surface area contributed by atoms with Gasteiger partial charge in [-0.2, -0.15) is 0 Å². The van der Waals surface area contributed by atoms with Crippen molar-refractivity contribution >= 4 is 18.0 Å². The van der Waals surface area contributed by atoms with Gasteiger partial charge in [0.1, 0.15) is 19.0 Å². The Hall–Kier alpha value is -1.65. The number of aliphatic hydroxyl groups is 3. The lowest BCUT2D eigenvalue weighted by molar-refractivity contribution is -0.251. The van der Waals surface area contributed by atoms with Crippen LogP contribution in [-0.4, -0.2) is 76.3 Å². The Balaban J connectivity index is 1.23. The summed E-state index contributed by atoms with van der Waals surface area (Å²) in [7, 11) is 0. The van der Waals surface area contributed by atoms with Crippen LogP contribution in [0.1, 0.15) is 71.6 Å². The quantitative estimate of drug-likeness (QED) is 0.281. The van der Waals surface area contributed by atoms with Crippen LogP contribution >= 0.6 is 0 Å². The van der Waals surface area contributed by atoms with Gasteiger partial charge in [0.05, 0.1) is 23.9 Å². The molecule has 4 aliphatic carbocycles. The number of carbonyl (C=O) groups excluding carboxylic acids is 3. The highest BCUT2D eigenvalue weighted by atomic mass is 16.7. The van der Waals surface area contributed by atoms with Crippen molar-refractivity contribution in [3.63, 3.8) is 0 Å². The zero-order chi connectivity index (χ0) is 27.0. The molecule has 6 aliphatic rings. The molecule has 2 heterocycles. The SMILES string of the molecule is CC1CC(O)C(=O)C(OC2CCC3(C=O)C(CCC4C3CC(O)C3(C)C(C5=CC(=O)OC5)CCC43O)C2)O1. The Morgan fingerprint density at radius 3 is 2.55 bits per heavy atom. The molecule has 0 aromatic rings. The van der Waals surface area contributed by atoms with Gasteiger partial charge in [-0.1, -0.05) is 6.92 Å². The summed E-state index contributed by atoms with van der Waals surface area (Å²) in [6, 6.07) is 0. The van der Waals surface area contributed by atoms with E-state index in [2.05, 4.69) is 0 Å². The topological polar surface area (TPSA) is 140 Å². The van der Waals surface area contributed by atoms with E-state index in [1.54, 1.807) is 6.92 Å². The molecule has 0 spiro atoms. The molecule has 9 nitrogen and oxygen atoms in total. The highest BCUT2D eigenvalue weighted by Gasteiger charge is 2.71. The van der Waals surface area contributed by atoms with Crippen LogP contribution in [0.25, 0.3) is 0 Å². The Kier molecular flexibility index (Phi) is 6.43. The molecule has 0 aromatic heterocycles. The monoisotopic (exact) mass is 532 g/mol. The van der Waals surface area contributed by atoms with E-state index in [9.17, 15) is 29.7 Å². The van der Waals surface area contributed by atoms with E-state index in [1.165, 1.54) is 6.08 Å². The number of esters is 1. The summed E-state index contributed by atoms with van der Waals surface area (Å²) in [5, 5.41) is 34.1. The Morgan fingerprint density at radius 2 is 1.84 bits per heavy atom. The normalized spacial score (nSPS) is 52.4. The first-order chi connectivity index (χ1) is 18.0. The third kappa shape index (κ3) is 3.65. The number of aliphatic hydroxyl groups excluding tert-OH is 2. The lowest BCUT2D eigenvalue weighted by atomic mass is 9.42. The smallest absolute Gasteiger partial charge is 0.331 e. The molecule has 0 radical (unpaired) electrons. The highest BCUT2D eigenvalue weighted by Crippen LogP contribution is 2.69. The predicted molar refractivity (Wildman–Crippen MR) is 132 cm³/mol. The van der Waals surface area contributed by atoms with Crippen molar-refractivity contribution in [2.24, 2.45) is 34.5 Å². The summed E-state index contributed by atoms with van der Waals surface area (Å²) in [6.45, 7) is 3.97. The lowest BCUT2D eigenvalue weighted by Crippen LogP contribution is -2.67.